The van der Waals surface area contributed by atoms with Crippen LogP contribution in [0.4, 0.5) is 0 Å². The summed E-state index contributed by atoms with van der Waals surface area (Å²) < 4.78 is 0. The first-order valence-electron chi connectivity index (χ1n) is 13.1. The summed E-state index contributed by atoms with van der Waals surface area (Å²) in [6.07, 6.45) is 2.16. The van der Waals surface area contributed by atoms with E-state index in [2.05, 4.69) is 20.9 Å². The summed E-state index contributed by atoms with van der Waals surface area (Å²) in [4.78, 5) is 65.4. The molecule has 0 aliphatic heterocycles. The largest absolute Gasteiger partial charge is 0.481 e. The lowest BCUT2D eigenvalue weighted by atomic mass is 9.96. The molecule has 0 radical (unpaired) electrons. The number of carboxylic acids is 2. The van der Waals surface area contributed by atoms with E-state index in [1.807, 2.05) is 38.1 Å². The molecule has 12 heteroatoms. The smallest absolute Gasteiger partial charge is 0.326 e. The number of carbonyl (C=O) groups excluding carboxylic acids is 3. The highest BCUT2D eigenvalue weighted by atomic mass is 16.4. The first-order valence-corrected chi connectivity index (χ1v) is 13.1. The zero-order valence-corrected chi connectivity index (χ0v) is 22.7. The van der Waals surface area contributed by atoms with E-state index in [-0.39, 0.29) is 18.3 Å². The Labute approximate surface area is 227 Å². The summed E-state index contributed by atoms with van der Waals surface area (Å²) in [6, 6.07) is 2.62. The number of amides is 3. The fourth-order valence-electron chi connectivity index (χ4n) is 4.17. The van der Waals surface area contributed by atoms with Crippen LogP contribution in [-0.4, -0.2) is 69.0 Å². The fourth-order valence-corrected chi connectivity index (χ4v) is 4.17. The molecule has 0 saturated heterocycles. The number of rotatable bonds is 15. The van der Waals surface area contributed by atoms with Gasteiger partial charge >= 0.3 is 11.9 Å². The van der Waals surface area contributed by atoms with Crippen LogP contribution < -0.4 is 21.7 Å². The second-order valence-corrected chi connectivity index (χ2v) is 9.91. The van der Waals surface area contributed by atoms with Crippen LogP contribution >= 0.6 is 0 Å². The predicted molar refractivity (Wildman–Crippen MR) is 145 cm³/mol. The maximum Gasteiger partial charge on any atom is 0.326 e. The lowest BCUT2D eigenvalue weighted by molar-refractivity contribution is -0.143. The molecule has 1 aromatic heterocycles. The van der Waals surface area contributed by atoms with Crippen molar-refractivity contribution in [2.24, 2.45) is 17.6 Å². The summed E-state index contributed by atoms with van der Waals surface area (Å²) in [5, 5.41) is 27.2. The highest BCUT2D eigenvalue weighted by molar-refractivity contribution is 5.95. The third-order valence-electron chi connectivity index (χ3n) is 7.03. The van der Waals surface area contributed by atoms with Gasteiger partial charge in [0.2, 0.25) is 17.7 Å². The topological polar surface area (TPSA) is 204 Å². The van der Waals surface area contributed by atoms with Gasteiger partial charge in [-0.1, -0.05) is 58.7 Å². The van der Waals surface area contributed by atoms with Crippen molar-refractivity contribution in [3.05, 3.63) is 36.0 Å². The van der Waals surface area contributed by atoms with Crippen LogP contribution in [0.1, 0.15) is 52.5 Å². The molecule has 12 nitrogen and oxygen atoms in total. The average molecular weight is 546 g/mol. The minimum Gasteiger partial charge on any atom is -0.481 e. The third-order valence-corrected chi connectivity index (χ3v) is 7.03. The molecule has 0 aliphatic rings. The lowest BCUT2D eigenvalue weighted by Gasteiger charge is -2.28. The molecule has 0 fully saturated rings. The van der Waals surface area contributed by atoms with Gasteiger partial charge in [0.25, 0.3) is 0 Å². The Morgan fingerprint density at radius 3 is 2.05 bits per heavy atom. The van der Waals surface area contributed by atoms with Crippen molar-refractivity contribution < 1.29 is 34.2 Å². The minimum absolute atomic E-state index is 0.0497. The number of nitrogens with two attached hydrogens (primary N) is 1. The molecule has 0 bridgehead atoms. The maximum atomic E-state index is 13.5. The highest BCUT2D eigenvalue weighted by Crippen LogP contribution is 2.20. The van der Waals surface area contributed by atoms with Gasteiger partial charge in [-0.2, -0.15) is 0 Å². The second kappa shape index (κ2) is 14.3. The molecule has 6 atom stereocenters. The van der Waals surface area contributed by atoms with Crippen LogP contribution in [0.25, 0.3) is 10.9 Å². The van der Waals surface area contributed by atoms with E-state index >= 15 is 0 Å². The van der Waals surface area contributed by atoms with Gasteiger partial charge in [0, 0.05) is 23.5 Å². The van der Waals surface area contributed by atoms with Gasteiger partial charge in [-0.15, -0.1) is 0 Å². The number of hydrogen-bond acceptors (Lipinski definition) is 6. The van der Waals surface area contributed by atoms with E-state index < -0.39 is 60.2 Å². The number of aromatic nitrogens is 1. The number of H-pyrrole nitrogens is 1. The summed E-state index contributed by atoms with van der Waals surface area (Å²) >= 11 is 0. The van der Waals surface area contributed by atoms with Crippen LogP contribution in [0.2, 0.25) is 0 Å². The van der Waals surface area contributed by atoms with Crippen molar-refractivity contribution in [3.8, 4) is 0 Å². The molecule has 214 valence electrons. The number of aromatic amines is 1. The minimum atomic E-state index is -1.36. The zero-order chi connectivity index (χ0) is 29.3. The van der Waals surface area contributed by atoms with Crippen LogP contribution in [0.5, 0.6) is 0 Å². The van der Waals surface area contributed by atoms with Crippen LogP contribution in [0, 0.1) is 11.8 Å². The SMILES string of the molecule is CCC(C)C(NC(=O)C(Cc1c[nH]c2ccccc12)NC(=O)C(NC(=O)C(N)CC(=O)O)C(C)CC)C(=O)O. The quantitative estimate of drug-likeness (QED) is 0.172. The van der Waals surface area contributed by atoms with E-state index in [1.54, 1.807) is 20.0 Å². The van der Waals surface area contributed by atoms with Crippen molar-refractivity contribution in [3.63, 3.8) is 0 Å². The highest BCUT2D eigenvalue weighted by Gasteiger charge is 2.34. The molecule has 1 aromatic carbocycles. The molecule has 2 rings (SSSR count). The standard InChI is InChI=1S/C27H39N5O7/c1-5-14(3)22(31-24(35)18(28)12-21(33)34)26(37)30-20(25(36)32-23(27(38)39)15(4)6-2)11-16-13-29-19-10-8-7-9-17(16)19/h7-10,13-15,18,20,22-23,29H,5-6,11-12,28H2,1-4H3,(H,30,37)(H,31,35)(H,32,36)(H,33,34)(H,38,39). The normalized spacial score (nSPS) is 15.8. The van der Waals surface area contributed by atoms with E-state index in [0.29, 0.717) is 12.8 Å². The number of aliphatic carboxylic acids is 2. The molecule has 39 heavy (non-hydrogen) atoms. The molecule has 3 amide bonds. The number of carbonyl (C=O) groups is 5. The summed E-state index contributed by atoms with van der Waals surface area (Å²) in [5.41, 5.74) is 7.24. The molecular weight excluding hydrogens is 506 g/mol. The number of carboxylic acid groups (broad SMARTS) is 2. The summed E-state index contributed by atoms with van der Waals surface area (Å²) in [7, 11) is 0. The van der Waals surface area contributed by atoms with Crippen molar-refractivity contribution in [2.75, 3.05) is 0 Å². The van der Waals surface area contributed by atoms with E-state index in [4.69, 9.17) is 10.8 Å². The van der Waals surface area contributed by atoms with Crippen molar-refractivity contribution in [2.45, 2.75) is 77.5 Å². The third kappa shape index (κ3) is 8.54. The maximum absolute atomic E-state index is 13.5. The molecule has 2 aromatic rings. The Bertz CT molecular complexity index is 1180. The molecule has 0 saturated carbocycles. The second-order valence-electron chi connectivity index (χ2n) is 9.91. The number of nitrogens with one attached hydrogen (secondary N) is 4. The number of para-hydroxylation sites is 1. The first-order chi connectivity index (χ1) is 18.4. The Morgan fingerprint density at radius 2 is 1.46 bits per heavy atom. The van der Waals surface area contributed by atoms with Crippen molar-refractivity contribution in [1.82, 2.24) is 20.9 Å². The number of fused-ring (bicyclic) bond motifs is 1. The van der Waals surface area contributed by atoms with E-state index in [9.17, 15) is 29.1 Å². The van der Waals surface area contributed by atoms with Crippen LogP contribution in [0.3, 0.4) is 0 Å². The number of hydrogen-bond donors (Lipinski definition) is 7. The molecule has 6 unspecified atom stereocenters. The predicted octanol–water partition coefficient (Wildman–Crippen LogP) is 1.14. The van der Waals surface area contributed by atoms with Crippen LogP contribution in [-0.2, 0) is 30.4 Å². The van der Waals surface area contributed by atoms with Gasteiger partial charge in [0.05, 0.1) is 12.5 Å². The zero-order valence-electron chi connectivity index (χ0n) is 22.7. The van der Waals surface area contributed by atoms with Gasteiger partial charge in [-0.3, -0.25) is 19.2 Å². The molecule has 0 aliphatic carbocycles. The summed E-state index contributed by atoms with van der Waals surface area (Å²) in [6.45, 7) is 7.06. The van der Waals surface area contributed by atoms with E-state index in [0.717, 1.165) is 16.5 Å². The Hall–Kier alpha value is -3.93. The number of benzene rings is 1. The lowest BCUT2D eigenvalue weighted by Crippen LogP contribution is -2.59. The molecule has 0 spiro atoms. The van der Waals surface area contributed by atoms with E-state index in [1.165, 1.54) is 0 Å². The Balaban J connectivity index is 2.36. The van der Waals surface area contributed by atoms with Gasteiger partial charge in [0.15, 0.2) is 0 Å². The van der Waals surface area contributed by atoms with Gasteiger partial charge < -0.3 is 36.9 Å². The van der Waals surface area contributed by atoms with Crippen LogP contribution in [0.15, 0.2) is 30.5 Å². The van der Waals surface area contributed by atoms with Gasteiger partial charge in [-0.05, 0) is 23.5 Å². The van der Waals surface area contributed by atoms with Gasteiger partial charge in [-0.25, -0.2) is 4.79 Å². The molecule has 1 heterocycles. The first kappa shape index (κ1) is 31.3. The van der Waals surface area contributed by atoms with Crippen molar-refractivity contribution >= 4 is 40.6 Å². The Morgan fingerprint density at radius 1 is 0.872 bits per heavy atom. The average Bonchev–Trinajstić information content (AvgIpc) is 3.30. The van der Waals surface area contributed by atoms with Crippen molar-refractivity contribution in [1.29, 1.82) is 0 Å². The Kier molecular flexibility index (Phi) is 11.5. The molecule has 8 N–H and O–H groups in total. The monoisotopic (exact) mass is 545 g/mol. The molecular formula is C27H39N5O7. The fraction of sp³-hybridized carbons (Fsp3) is 0.519. The van der Waals surface area contributed by atoms with Gasteiger partial charge in [0.1, 0.15) is 18.1 Å². The summed E-state index contributed by atoms with van der Waals surface area (Å²) in [5.74, 6) is -5.35.